The van der Waals surface area contributed by atoms with Gasteiger partial charge in [-0.25, -0.2) is 8.78 Å². The summed E-state index contributed by atoms with van der Waals surface area (Å²) in [5.41, 5.74) is 0. The van der Waals surface area contributed by atoms with Gasteiger partial charge in [0.15, 0.2) is 0 Å². The molecule has 0 spiro atoms. The van der Waals surface area contributed by atoms with E-state index >= 15 is 0 Å². The van der Waals surface area contributed by atoms with E-state index in [9.17, 15) is 109 Å². The van der Waals surface area contributed by atoms with Crippen molar-refractivity contribution in [2.75, 3.05) is 0 Å². The van der Waals surface area contributed by atoms with Crippen molar-refractivity contribution in [1.82, 2.24) is 0 Å². The summed E-state index contributed by atoms with van der Waals surface area (Å²) in [7, 11) is -8.09. The van der Waals surface area contributed by atoms with E-state index in [-0.39, 0.29) is 0 Å². The van der Waals surface area contributed by atoms with Gasteiger partial charge in [-0.2, -0.15) is 101 Å². The van der Waals surface area contributed by atoms with Crippen LogP contribution in [0.4, 0.5) is 101 Å². The van der Waals surface area contributed by atoms with Crippen LogP contribution in [-0.4, -0.2) is 71.8 Å². The van der Waals surface area contributed by atoms with Crippen LogP contribution < -0.4 is 0 Å². The molecule has 0 amide bonds. The monoisotopic (exact) mass is 662 g/mol. The molecule has 0 aliphatic carbocycles. The molecule has 0 saturated heterocycles. The van der Waals surface area contributed by atoms with E-state index in [4.69, 9.17) is 4.55 Å². The summed E-state index contributed by atoms with van der Waals surface area (Å²) in [5.74, 6) is -81.9. The molecule has 0 unspecified atom stereocenters. The van der Waals surface area contributed by atoms with Gasteiger partial charge in [-0.3, -0.25) is 4.55 Å². The maximum Gasteiger partial charge on any atom is 0.460 e. The molecule has 0 saturated carbocycles. The summed E-state index contributed by atoms with van der Waals surface area (Å²) in [5, 5.41) is -8.05. The van der Waals surface area contributed by atoms with Gasteiger partial charge in [-0.1, -0.05) is 0 Å². The summed E-state index contributed by atoms with van der Waals surface area (Å²) in [6.07, 6.45) is -7.93. The Bertz CT molecular complexity index is 1080. The average molecular weight is 662 g/mol. The fraction of sp³-hybridized carbons (Fsp3) is 0.833. The Hall–Kier alpha value is -1.96. The second-order valence-corrected chi connectivity index (χ2v) is 8.18. The lowest BCUT2D eigenvalue weighted by Gasteiger charge is -2.40. The fourth-order valence-corrected chi connectivity index (χ4v) is 2.31. The fourth-order valence-electron chi connectivity index (χ4n) is 1.86. The van der Waals surface area contributed by atoms with Gasteiger partial charge in [0.1, 0.15) is 0 Å². The first kappa shape index (κ1) is 37.0. The third kappa shape index (κ3) is 4.62. The smallest absolute Gasteiger partial charge is 0.281 e. The zero-order valence-corrected chi connectivity index (χ0v) is 17.2. The largest absolute Gasteiger partial charge is 0.460 e. The molecule has 0 atom stereocenters. The molecule has 0 radical (unpaired) electrons. The number of rotatable bonds is 10. The zero-order valence-electron chi connectivity index (χ0n) is 16.4. The Balaban J connectivity index is 7.30. The zero-order chi connectivity index (χ0) is 32.7. The van der Waals surface area contributed by atoms with Crippen LogP contribution in [0.1, 0.15) is 0 Å². The van der Waals surface area contributed by atoms with Crippen molar-refractivity contribution in [3.05, 3.63) is 11.7 Å². The van der Waals surface area contributed by atoms with Crippen molar-refractivity contribution in [3.63, 3.8) is 0 Å². The van der Waals surface area contributed by atoms with Crippen molar-refractivity contribution in [1.29, 1.82) is 0 Å². The molecular formula is C12HF23O3S. The standard InChI is InChI=1S/C12HF23O3S/c13-1(2(14)4(17,18)6(21,22)9(27,28)11(31,32)33)3(15,16)5(19,20)7(23,24)8(25,26)10(29,30)12(34,35)39(36,37)38/h(H,36,37,38)/b2-1+. The van der Waals surface area contributed by atoms with E-state index < -0.39 is 80.6 Å². The number of allylic oxidation sites excluding steroid dienone is 2. The molecule has 39 heavy (non-hydrogen) atoms. The van der Waals surface area contributed by atoms with Crippen LogP contribution in [0.15, 0.2) is 11.7 Å². The minimum Gasteiger partial charge on any atom is -0.281 e. The first-order chi connectivity index (χ1) is 16.3. The third-order valence-corrected chi connectivity index (χ3v) is 5.06. The maximum atomic E-state index is 13.4. The maximum absolute atomic E-state index is 13.4. The Morgan fingerprint density at radius 2 is 0.641 bits per heavy atom. The van der Waals surface area contributed by atoms with Gasteiger partial charge >= 0.3 is 68.9 Å². The minimum atomic E-state index is -9.15. The minimum absolute atomic E-state index is 5.95. The Morgan fingerprint density at radius 3 is 0.872 bits per heavy atom. The highest BCUT2D eigenvalue weighted by Crippen LogP contribution is 2.63. The predicted octanol–water partition coefficient (Wildman–Crippen LogP) is 7.26. The van der Waals surface area contributed by atoms with Crippen molar-refractivity contribution in [2.24, 2.45) is 0 Å². The molecule has 0 aromatic rings. The Morgan fingerprint density at radius 1 is 0.410 bits per heavy atom. The lowest BCUT2D eigenvalue weighted by atomic mass is 9.92. The molecule has 1 N–H and O–H groups in total. The molecule has 234 valence electrons. The van der Waals surface area contributed by atoms with Gasteiger partial charge in [0.25, 0.3) is 0 Å². The van der Waals surface area contributed by atoms with Crippen LogP contribution in [-0.2, 0) is 10.1 Å². The van der Waals surface area contributed by atoms with Gasteiger partial charge < -0.3 is 0 Å². The van der Waals surface area contributed by atoms with E-state index in [1.807, 2.05) is 0 Å². The molecule has 3 nitrogen and oxygen atoms in total. The van der Waals surface area contributed by atoms with Gasteiger partial charge in [-0.05, 0) is 0 Å². The van der Waals surface area contributed by atoms with E-state index in [1.165, 1.54) is 0 Å². The Kier molecular flexibility index (Phi) is 8.57. The van der Waals surface area contributed by atoms with Crippen molar-refractivity contribution in [3.8, 4) is 0 Å². The van der Waals surface area contributed by atoms with Crippen molar-refractivity contribution >= 4 is 10.1 Å². The average Bonchev–Trinajstić information content (AvgIpc) is 2.69. The van der Waals surface area contributed by atoms with Crippen LogP contribution in [0.5, 0.6) is 0 Å². The number of hydrogen-bond donors (Lipinski definition) is 1. The predicted molar refractivity (Wildman–Crippen MR) is 71.4 cm³/mol. The summed E-state index contributed by atoms with van der Waals surface area (Å²) < 4.78 is 327. The normalized spacial score (nSPS) is 17.3. The Labute approximate surface area is 195 Å². The van der Waals surface area contributed by atoms with E-state index in [2.05, 4.69) is 0 Å². The molecular weight excluding hydrogens is 661 g/mol. The molecule has 0 rings (SSSR count). The quantitative estimate of drug-likeness (QED) is 0.198. The van der Waals surface area contributed by atoms with Crippen molar-refractivity contribution in [2.45, 2.75) is 58.8 Å². The van der Waals surface area contributed by atoms with Crippen molar-refractivity contribution < 1.29 is 114 Å². The van der Waals surface area contributed by atoms with E-state index in [0.717, 1.165) is 0 Å². The summed E-state index contributed by atoms with van der Waals surface area (Å²) in [6, 6.07) is 0. The molecule has 0 aromatic carbocycles. The molecule has 0 aliphatic rings. The van der Waals surface area contributed by atoms with Gasteiger partial charge in [0.2, 0.25) is 11.7 Å². The van der Waals surface area contributed by atoms with Crippen LogP contribution >= 0.6 is 0 Å². The van der Waals surface area contributed by atoms with Crippen LogP contribution in [0.25, 0.3) is 0 Å². The molecule has 0 bridgehead atoms. The highest BCUT2D eigenvalue weighted by Gasteiger charge is 2.93. The highest BCUT2D eigenvalue weighted by molar-refractivity contribution is 7.87. The highest BCUT2D eigenvalue weighted by atomic mass is 32.2. The molecule has 0 aliphatic heterocycles. The van der Waals surface area contributed by atoms with E-state index in [1.54, 1.807) is 0 Å². The van der Waals surface area contributed by atoms with E-state index in [0.29, 0.717) is 0 Å². The summed E-state index contributed by atoms with van der Waals surface area (Å²) in [6.45, 7) is 0. The number of alkyl halides is 21. The van der Waals surface area contributed by atoms with Gasteiger partial charge in [0.05, 0.1) is 0 Å². The molecule has 0 fully saturated rings. The van der Waals surface area contributed by atoms with Crippen LogP contribution in [0.3, 0.4) is 0 Å². The molecule has 0 aromatic heterocycles. The van der Waals surface area contributed by atoms with Gasteiger partial charge in [0, 0.05) is 0 Å². The summed E-state index contributed by atoms with van der Waals surface area (Å²) >= 11 is 0. The SMILES string of the molecule is O=S(=O)(O)C(F)(F)C(F)(F)C(F)(F)C(F)(F)C(F)(F)C(F)(F)/C(F)=C(\F)C(F)(F)C(F)(F)C(F)(F)C(F)(F)F. The second-order valence-electron chi connectivity index (χ2n) is 6.71. The second kappa shape index (κ2) is 9.02. The number of hydrogen-bond acceptors (Lipinski definition) is 2. The lowest BCUT2D eigenvalue weighted by molar-refractivity contribution is -0.414. The molecule has 0 heterocycles. The van der Waals surface area contributed by atoms with Gasteiger partial charge in [-0.15, -0.1) is 0 Å². The third-order valence-electron chi connectivity index (χ3n) is 4.16. The van der Waals surface area contributed by atoms with Crippen LogP contribution in [0, 0.1) is 0 Å². The number of halogens is 23. The lowest BCUT2D eigenvalue weighted by Crippen LogP contribution is -2.71. The first-order valence-corrected chi connectivity index (χ1v) is 9.26. The topological polar surface area (TPSA) is 54.4 Å². The summed E-state index contributed by atoms with van der Waals surface area (Å²) in [4.78, 5) is 0. The van der Waals surface area contributed by atoms with Crippen LogP contribution in [0.2, 0.25) is 0 Å². The first-order valence-electron chi connectivity index (χ1n) is 7.82. The molecule has 27 heteroatoms.